The van der Waals surface area contributed by atoms with E-state index in [2.05, 4.69) is 5.10 Å². The first-order chi connectivity index (χ1) is 14.5. The van der Waals surface area contributed by atoms with Crippen molar-refractivity contribution in [2.45, 2.75) is 19.9 Å². The molecule has 154 valence electrons. The van der Waals surface area contributed by atoms with Gasteiger partial charge in [-0.05, 0) is 43.3 Å². The molecule has 0 aliphatic carbocycles. The molecular weight excluding hydrogens is 425 g/mol. The van der Waals surface area contributed by atoms with Crippen LogP contribution in [-0.4, -0.2) is 39.7 Å². The number of fused-ring (bicyclic) bond motifs is 1. The zero-order valence-electron chi connectivity index (χ0n) is 16.3. The molecule has 2 heterocycles. The third-order valence-electron chi connectivity index (χ3n) is 4.99. The Morgan fingerprint density at radius 1 is 1.10 bits per heavy atom. The molecule has 6 nitrogen and oxygen atoms in total. The van der Waals surface area contributed by atoms with Gasteiger partial charge in [0.25, 0.3) is 5.91 Å². The third-order valence-corrected chi connectivity index (χ3v) is 5.57. The Morgan fingerprint density at radius 2 is 1.83 bits per heavy atom. The minimum absolute atomic E-state index is 0.180. The van der Waals surface area contributed by atoms with Crippen LogP contribution in [0, 0.1) is 0 Å². The van der Waals surface area contributed by atoms with Crippen molar-refractivity contribution in [1.82, 2.24) is 14.7 Å². The summed E-state index contributed by atoms with van der Waals surface area (Å²) in [6, 6.07) is 14.2. The highest BCUT2D eigenvalue weighted by molar-refractivity contribution is 6.33. The highest BCUT2D eigenvalue weighted by Crippen LogP contribution is 2.28. The number of amides is 1. The standard InChI is InChI=1S/C22H19Cl2N3O3/c1-2-30-22(29)20-17-13-26(21(28)16-5-3-4-6-18(16)24)12-11-19(17)27(25-20)15-9-7-14(23)8-10-15/h3-10H,2,11-13H2,1H3. The first-order valence-electron chi connectivity index (χ1n) is 9.57. The second-order valence-corrected chi connectivity index (χ2v) is 7.68. The number of halogens is 2. The summed E-state index contributed by atoms with van der Waals surface area (Å²) in [5.74, 6) is -0.686. The molecule has 0 saturated heterocycles. The van der Waals surface area contributed by atoms with Gasteiger partial charge in [-0.2, -0.15) is 5.10 Å². The fourth-order valence-electron chi connectivity index (χ4n) is 3.56. The van der Waals surface area contributed by atoms with E-state index in [9.17, 15) is 9.59 Å². The largest absolute Gasteiger partial charge is 0.461 e. The van der Waals surface area contributed by atoms with Crippen LogP contribution in [0.1, 0.15) is 39.0 Å². The molecule has 0 fully saturated rings. The molecule has 1 amide bonds. The van der Waals surface area contributed by atoms with Crippen LogP contribution in [0.15, 0.2) is 48.5 Å². The van der Waals surface area contributed by atoms with Crippen LogP contribution >= 0.6 is 23.2 Å². The molecule has 0 saturated carbocycles. The molecule has 1 aliphatic heterocycles. The van der Waals surface area contributed by atoms with Gasteiger partial charge in [-0.25, -0.2) is 9.48 Å². The zero-order chi connectivity index (χ0) is 21.3. The molecular formula is C22H19Cl2N3O3. The molecule has 2 aromatic carbocycles. The number of benzene rings is 2. The first-order valence-corrected chi connectivity index (χ1v) is 10.3. The number of ether oxygens (including phenoxy) is 1. The fraction of sp³-hybridized carbons (Fsp3) is 0.227. The number of aromatic nitrogens is 2. The lowest BCUT2D eigenvalue weighted by atomic mass is 10.0. The minimum atomic E-state index is -0.506. The summed E-state index contributed by atoms with van der Waals surface area (Å²) in [5, 5.41) is 5.54. The van der Waals surface area contributed by atoms with Crippen molar-refractivity contribution in [1.29, 1.82) is 0 Å². The summed E-state index contributed by atoms with van der Waals surface area (Å²) in [7, 11) is 0. The van der Waals surface area contributed by atoms with Gasteiger partial charge in [-0.15, -0.1) is 0 Å². The maximum Gasteiger partial charge on any atom is 0.359 e. The van der Waals surface area contributed by atoms with Crippen LogP contribution in [0.4, 0.5) is 0 Å². The normalized spacial score (nSPS) is 13.1. The monoisotopic (exact) mass is 443 g/mol. The molecule has 0 N–H and O–H groups in total. The van der Waals surface area contributed by atoms with Crippen molar-refractivity contribution >= 4 is 35.1 Å². The van der Waals surface area contributed by atoms with E-state index in [-0.39, 0.29) is 24.8 Å². The summed E-state index contributed by atoms with van der Waals surface area (Å²) < 4.78 is 6.93. The predicted molar refractivity (Wildman–Crippen MR) is 114 cm³/mol. The maximum atomic E-state index is 13.0. The average molecular weight is 444 g/mol. The predicted octanol–water partition coefficient (Wildman–Crippen LogP) is 4.55. The highest BCUT2D eigenvalue weighted by Gasteiger charge is 2.32. The van der Waals surface area contributed by atoms with Crippen molar-refractivity contribution in [2.24, 2.45) is 0 Å². The zero-order valence-corrected chi connectivity index (χ0v) is 17.8. The lowest BCUT2D eigenvalue weighted by molar-refractivity contribution is 0.0513. The van der Waals surface area contributed by atoms with E-state index in [4.69, 9.17) is 27.9 Å². The number of nitrogens with zero attached hydrogens (tertiary/aromatic N) is 3. The van der Waals surface area contributed by atoms with E-state index in [1.165, 1.54) is 0 Å². The molecule has 8 heteroatoms. The Morgan fingerprint density at radius 3 is 2.53 bits per heavy atom. The van der Waals surface area contributed by atoms with Gasteiger partial charge in [-0.1, -0.05) is 35.3 Å². The lowest BCUT2D eigenvalue weighted by Crippen LogP contribution is -2.37. The Balaban J connectivity index is 1.73. The Labute approximate surface area is 184 Å². The Hall–Kier alpha value is -2.83. The van der Waals surface area contributed by atoms with E-state index in [1.807, 2.05) is 12.1 Å². The molecule has 4 rings (SSSR count). The van der Waals surface area contributed by atoms with E-state index in [1.54, 1.807) is 52.9 Å². The number of esters is 1. The molecule has 0 radical (unpaired) electrons. The summed E-state index contributed by atoms with van der Waals surface area (Å²) in [6.07, 6.45) is 0.542. The molecule has 1 aromatic heterocycles. The van der Waals surface area contributed by atoms with Crippen molar-refractivity contribution in [3.63, 3.8) is 0 Å². The van der Waals surface area contributed by atoms with E-state index < -0.39 is 5.97 Å². The van der Waals surface area contributed by atoms with Gasteiger partial charge in [0.05, 0.1) is 35.1 Å². The topological polar surface area (TPSA) is 64.4 Å². The van der Waals surface area contributed by atoms with E-state index in [0.29, 0.717) is 34.1 Å². The second kappa shape index (κ2) is 8.50. The van der Waals surface area contributed by atoms with Crippen LogP contribution in [0.3, 0.4) is 0 Å². The maximum absolute atomic E-state index is 13.0. The molecule has 0 atom stereocenters. The fourth-order valence-corrected chi connectivity index (χ4v) is 3.90. The smallest absolute Gasteiger partial charge is 0.359 e. The quantitative estimate of drug-likeness (QED) is 0.554. The van der Waals surface area contributed by atoms with Crippen LogP contribution in [0.25, 0.3) is 5.69 Å². The third kappa shape index (κ3) is 3.80. The number of rotatable bonds is 4. The van der Waals surface area contributed by atoms with Crippen molar-refractivity contribution in [2.75, 3.05) is 13.2 Å². The molecule has 3 aromatic rings. The average Bonchev–Trinajstić information content (AvgIpc) is 3.13. The first kappa shape index (κ1) is 20.4. The van der Waals surface area contributed by atoms with Crippen LogP contribution in [0.2, 0.25) is 10.0 Å². The number of hydrogen-bond donors (Lipinski definition) is 0. The van der Waals surface area contributed by atoms with Gasteiger partial charge in [-0.3, -0.25) is 4.79 Å². The van der Waals surface area contributed by atoms with Crippen molar-refractivity contribution in [3.05, 3.63) is 81.1 Å². The van der Waals surface area contributed by atoms with Crippen LogP contribution < -0.4 is 0 Å². The minimum Gasteiger partial charge on any atom is -0.461 e. The molecule has 1 aliphatic rings. The Kier molecular flexibility index (Phi) is 5.79. The molecule has 0 spiro atoms. The summed E-state index contributed by atoms with van der Waals surface area (Å²) in [6.45, 7) is 2.72. The van der Waals surface area contributed by atoms with Gasteiger partial charge in [0.1, 0.15) is 0 Å². The van der Waals surface area contributed by atoms with Gasteiger partial charge >= 0.3 is 5.97 Å². The number of carbonyl (C=O) groups is 2. The van der Waals surface area contributed by atoms with Crippen molar-refractivity contribution in [3.8, 4) is 5.69 Å². The summed E-state index contributed by atoms with van der Waals surface area (Å²) in [5.41, 5.74) is 3.01. The SMILES string of the molecule is CCOC(=O)c1nn(-c2ccc(Cl)cc2)c2c1CN(C(=O)c1ccccc1Cl)CC2. The van der Waals surface area contributed by atoms with E-state index in [0.717, 1.165) is 11.4 Å². The van der Waals surface area contributed by atoms with Crippen molar-refractivity contribution < 1.29 is 14.3 Å². The summed E-state index contributed by atoms with van der Waals surface area (Å²) in [4.78, 5) is 27.3. The summed E-state index contributed by atoms with van der Waals surface area (Å²) >= 11 is 12.2. The molecule has 0 bridgehead atoms. The second-order valence-electron chi connectivity index (χ2n) is 6.84. The lowest BCUT2D eigenvalue weighted by Gasteiger charge is -2.28. The van der Waals surface area contributed by atoms with Crippen LogP contribution in [-0.2, 0) is 17.7 Å². The van der Waals surface area contributed by atoms with Gasteiger partial charge in [0, 0.05) is 23.6 Å². The van der Waals surface area contributed by atoms with E-state index >= 15 is 0 Å². The molecule has 30 heavy (non-hydrogen) atoms. The number of hydrogen-bond acceptors (Lipinski definition) is 4. The van der Waals surface area contributed by atoms with Gasteiger partial charge < -0.3 is 9.64 Å². The van der Waals surface area contributed by atoms with Gasteiger partial charge in [0.15, 0.2) is 5.69 Å². The Bertz CT molecular complexity index is 1110. The molecule has 0 unspecified atom stereocenters. The van der Waals surface area contributed by atoms with Gasteiger partial charge in [0.2, 0.25) is 0 Å². The number of carbonyl (C=O) groups excluding carboxylic acids is 2. The van der Waals surface area contributed by atoms with Crippen LogP contribution in [0.5, 0.6) is 0 Å². The highest BCUT2D eigenvalue weighted by atomic mass is 35.5.